The molecule has 0 aromatic carbocycles. The third-order valence-corrected chi connectivity index (χ3v) is 4.66. The minimum absolute atomic E-state index is 0.0728. The number of hydrogen-bond acceptors (Lipinski definition) is 5. The van der Waals surface area contributed by atoms with Crippen LogP contribution < -0.4 is 4.72 Å². The van der Waals surface area contributed by atoms with Gasteiger partial charge >= 0.3 is 5.97 Å². The molecular formula is C11H17NO4S2. The topological polar surface area (TPSA) is 72.5 Å². The molecule has 5 nitrogen and oxygen atoms in total. The molecule has 7 heteroatoms. The van der Waals surface area contributed by atoms with Gasteiger partial charge in [-0.05, 0) is 35.7 Å². The predicted molar refractivity (Wildman–Crippen MR) is 70.9 cm³/mol. The number of rotatable bonds is 7. The SMILES string of the molecule is COC(=O)CCCS(=O)(=O)NC(C)c1ccsc1. The fraction of sp³-hybridized carbons (Fsp3) is 0.545. The molecule has 1 rings (SSSR count). The highest BCUT2D eigenvalue weighted by molar-refractivity contribution is 7.89. The monoisotopic (exact) mass is 291 g/mol. The Hall–Kier alpha value is -0.920. The largest absolute Gasteiger partial charge is 0.469 e. The van der Waals surface area contributed by atoms with Gasteiger partial charge in [0.2, 0.25) is 10.0 Å². The first-order valence-corrected chi connectivity index (χ1v) is 8.13. The summed E-state index contributed by atoms with van der Waals surface area (Å²) in [5.41, 5.74) is 0.941. The molecule has 0 radical (unpaired) electrons. The Morgan fingerprint density at radius 2 is 2.28 bits per heavy atom. The normalized spacial score (nSPS) is 13.2. The van der Waals surface area contributed by atoms with Gasteiger partial charge in [0, 0.05) is 12.5 Å². The fourth-order valence-corrected chi connectivity index (χ4v) is 3.50. The molecule has 1 N–H and O–H groups in total. The number of carbonyl (C=O) groups excluding carboxylic acids is 1. The van der Waals surface area contributed by atoms with E-state index in [0.717, 1.165) is 5.56 Å². The maximum Gasteiger partial charge on any atom is 0.305 e. The second kappa shape index (κ2) is 6.86. The summed E-state index contributed by atoms with van der Waals surface area (Å²) in [6, 6.07) is 1.63. The van der Waals surface area contributed by atoms with Crippen molar-refractivity contribution in [2.75, 3.05) is 12.9 Å². The highest BCUT2D eigenvalue weighted by Gasteiger charge is 2.16. The lowest BCUT2D eigenvalue weighted by Gasteiger charge is -2.12. The van der Waals surface area contributed by atoms with E-state index in [9.17, 15) is 13.2 Å². The third-order valence-electron chi connectivity index (χ3n) is 2.42. The molecule has 102 valence electrons. The van der Waals surface area contributed by atoms with E-state index in [4.69, 9.17) is 0 Å². The van der Waals surface area contributed by atoms with E-state index in [2.05, 4.69) is 9.46 Å². The highest BCUT2D eigenvalue weighted by atomic mass is 32.2. The molecule has 1 heterocycles. The average Bonchev–Trinajstić information content (AvgIpc) is 2.81. The molecule has 1 unspecified atom stereocenters. The van der Waals surface area contributed by atoms with Crippen LogP contribution in [-0.2, 0) is 19.6 Å². The quantitative estimate of drug-likeness (QED) is 0.776. The summed E-state index contributed by atoms with van der Waals surface area (Å²) in [6.07, 6.45) is 0.378. The molecular weight excluding hydrogens is 274 g/mol. The van der Waals surface area contributed by atoms with Crippen LogP contribution in [0.5, 0.6) is 0 Å². The first kappa shape index (κ1) is 15.1. The standard InChI is InChI=1S/C11H17NO4S2/c1-9(10-5-6-17-8-10)12-18(14,15)7-3-4-11(13)16-2/h5-6,8-9,12H,3-4,7H2,1-2H3. The van der Waals surface area contributed by atoms with Crippen molar-refractivity contribution in [1.82, 2.24) is 4.72 Å². The van der Waals surface area contributed by atoms with Crippen molar-refractivity contribution in [1.29, 1.82) is 0 Å². The summed E-state index contributed by atoms with van der Waals surface area (Å²) in [5.74, 6) is -0.465. The lowest BCUT2D eigenvalue weighted by atomic mass is 10.2. The summed E-state index contributed by atoms with van der Waals surface area (Å²) in [6.45, 7) is 1.79. The zero-order chi connectivity index (χ0) is 13.6. The van der Waals surface area contributed by atoms with Crippen LogP contribution in [0.15, 0.2) is 16.8 Å². The van der Waals surface area contributed by atoms with Gasteiger partial charge in [-0.2, -0.15) is 11.3 Å². The third kappa shape index (κ3) is 5.16. The molecule has 0 amide bonds. The van der Waals surface area contributed by atoms with E-state index in [1.54, 1.807) is 6.92 Å². The lowest BCUT2D eigenvalue weighted by molar-refractivity contribution is -0.140. The Morgan fingerprint density at radius 1 is 1.56 bits per heavy atom. The Kier molecular flexibility index (Phi) is 5.77. The van der Waals surface area contributed by atoms with E-state index in [1.807, 2.05) is 16.8 Å². The second-order valence-corrected chi connectivity index (χ2v) is 6.55. The average molecular weight is 291 g/mol. The minimum atomic E-state index is -3.36. The second-order valence-electron chi connectivity index (χ2n) is 3.89. The number of thiophene rings is 1. The summed E-state index contributed by atoms with van der Waals surface area (Å²) >= 11 is 1.52. The Labute approximate surface area is 111 Å². The van der Waals surface area contributed by atoms with Gasteiger partial charge in [0.1, 0.15) is 0 Å². The van der Waals surface area contributed by atoms with Crippen LogP contribution >= 0.6 is 11.3 Å². The van der Waals surface area contributed by atoms with Crippen molar-refractivity contribution >= 4 is 27.3 Å². The van der Waals surface area contributed by atoms with E-state index in [0.29, 0.717) is 0 Å². The molecule has 18 heavy (non-hydrogen) atoms. The summed E-state index contributed by atoms with van der Waals surface area (Å²) in [5, 5.41) is 3.80. The number of esters is 1. The fourth-order valence-electron chi connectivity index (χ4n) is 1.43. The van der Waals surface area contributed by atoms with Crippen LogP contribution in [0.3, 0.4) is 0 Å². The maximum atomic E-state index is 11.7. The molecule has 0 bridgehead atoms. The van der Waals surface area contributed by atoms with Gasteiger partial charge in [-0.1, -0.05) is 0 Å². The molecule has 1 atom stereocenters. The van der Waals surface area contributed by atoms with E-state index in [1.165, 1.54) is 18.4 Å². The number of hydrogen-bond donors (Lipinski definition) is 1. The zero-order valence-electron chi connectivity index (χ0n) is 10.4. The van der Waals surface area contributed by atoms with E-state index < -0.39 is 16.0 Å². The van der Waals surface area contributed by atoms with Crippen LogP contribution in [0.4, 0.5) is 0 Å². The van der Waals surface area contributed by atoms with Crippen molar-refractivity contribution in [2.45, 2.75) is 25.8 Å². The molecule has 0 saturated carbocycles. The molecule has 1 aromatic rings. The van der Waals surface area contributed by atoms with Crippen molar-refractivity contribution in [3.63, 3.8) is 0 Å². The van der Waals surface area contributed by atoms with Crippen LogP contribution in [0.1, 0.15) is 31.4 Å². The smallest absolute Gasteiger partial charge is 0.305 e. The van der Waals surface area contributed by atoms with Gasteiger partial charge in [0.15, 0.2) is 0 Å². The number of methoxy groups -OCH3 is 1. The first-order valence-electron chi connectivity index (χ1n) is 5.53. The number of nitrogens with one attached hydrogen (secondary N) is 1. The molecule has 0 aliphatic carbocycles. The minimum Gasteiger partial charge on any atom is -0.469 e. The van der Waals surface area contributed by atoms with Crippen LogP contribution in [-0.4, -0.2) is 27.2 Å². The van der Waals surface area contributed by atoms with E-state index in [-0.39, 0.29) is 24.6 Å². The van der Waals surface area contributed by atoms with Crippen molar-refractivity contribution in [3.05, 3.63) is 22.4 Å². The molecule has 0 spiro atoms. The van der Waals surface area contributed by atoms with Gasteiger partial charge in [0.25, 0.3) is 0 Å². The highest BCUT2D eigenvalue weighted by Crippen LogP contribution is 2.16. The molecule has 0 aliphatic heterocycles. The van der Waals surface area contributed by atoms with Gasteiger partial charge in [0.05, 0.1) is 12.9 Å². The number of carbonyl (C=O) groups is 1. The van der Waals surface area contributed by atoms with Crippen molar-refractivity contribution in [2.24, 2.45) is 0 Å². The maximum absolute atomic E-state index is 11.7. The Bertz CT molecular complexity index is 467. The van der Waals surface area contributed by atoms with Gasteiger partial charge < -0.3 is 4.74 Å². The van der Waals surface area contributed by atoms with Crippen molar-refractivity contribution in [3.8, 4) is 0 Å². The van der Waals surface area contributed by atoms with Gasteiger partial charge in [-0.3, -0.25) is 4.79 Å². The lowest BCUT2D eigenvalue weighted by Crippen LogP contribution is -2.29. The van der Waals surface area contributed by atoms with Crippen LogP contribution in [0.2, 0.25) is 0 Å². The zero-order valence-corrected chi connectivity index (χ0v) is 12.0. The molecule has 0 saturated heterocycles. The van der Waals surface area contributed by atoms with E-state index >= 15 is 0 Å². The summed E-state index contributed by atoms with van der Waals surface area (Å²) in [4.78, 5) is 10.9. The van der Waals surface area contributed by atoms with Crippen LogP contribution in [0.25, 0.3) is 0 Å². The first-order chi connectivity index (χ1) is 8.44. The van der Waals surface area contributed by atoms with Crippen molar-refractivity contribution < 1.29 is 17.9 Å². The predicted octanol–water partition coefficient (Wildman–Crippen LogP) is 1.68. The molecule has 0 fully saturated rings. The Balaban J connectivity index is 2.42. The van der Waals surface area contributed by atoms with Crippen LogP contribution in [0, 0.1) is 0 Å². The Morgan fingerprint density at radius 3 is 2.83 bits per heavy atom. The van der Waals surface area contributed by atoms with Gasteiger partial charge in [-0.25, -0.2) is 13.1 Å². The number of ether oxygens (including phenoxy) is 1. The molecule has 1 aromatic heterocycles. The van der Waals surface area contributed by atoms with Gasteiger partial charge in [-0.15, -0.1) is 0 Å². The summed E-state index contributed by atoms with van der Waals surface area (Å²) < 4.78 is 30.5. The summed E-state index contributed by atoms with van der Waals surface area (Å²) in [7, 11) is -2.08. The number of sulfonamides is 1. The molecule has 0 aliphatic rings.